The van der Waals surface area contributed by atoms with E-state index in [1.54, 1.807) is 32.4 Å². The highest BCUT2D eigenvalue weighted by molar-refractivity contribution is 6.31. The number of carbonyl (C=O) groups excluding carboxylic acids is 1. The van der Waals surface area contributed by atoms with Gasteiger partial charge in [-0.1, -0.05) is 11.6 Å². The molecule has 2 aromatic carbocycles. The third-order valence-corrected chi connectivity index (χ3v) is 5.99. The van der Waals surface area contributed by atoms with E-state index in [1.807, 2.05) is 6.07 Å². The van der Waals surface area contributed by atoms with E-state index in [0.717, 1.165) is 37.2 Å². The first-order valence-electron chi connectivity index (χ1n) is 10.1. The van der Waals surface area contributed by atoms with Crippen LogP contribution in [0.5, 0.6) is 11.5 Å². The van der Waals surface area contributed by atoms with Crippen molar-refractivity contribution < 1.29 is 14.3 Å². The zero-order valence-electron chi connectivity index (χ0n) is 17.2. The van der Waals surface area contributed by atoms with Crippen molar-refractivity contribution in [3.8, 4) is 11.5 Å². The van der Waals surface area contributed by atoms with Crippen LogP contribution in [-0.4, -0.2) is 49.6 Å². The Kier molecular flexibility index (Phi) is 6.16. The average Bonchev–Trinajstić information content (AvgIpc) is 3.17. The maximum Gasteiger partial charge on any atom is 0.238 e. The first-order valence-corrected chi connectivity index (χ1v) is 10.5. The van der Waals surface area contributed by atoms with Crippen LogP contribution < -0.4 is 14.8 Å². The van der Waals surface area contributed by atoms with Crippen molar-refractivity contribution in [1.29, 1.82) is 0 Å². The highest BCUT2D eigenvalue weighted by Gasteiger charge is 2.24. The van der Waals surface area contributed by atoms with Crippen LogP contribution in [0.1, 0.15) is 24.3 Å². The minimum absolute atomic E-state index is 0.0640. The van der Waals surface area contributed by atoms with Gasteiger partial charge in [-0.15, -0.1) is 0 Å². The van der Waals surface area contributed by atoms with Gasteiger partial charge in [0.15, 0.2) is 0 Å². The molecule has 2 heterocycles. The summed E-state index contributed by atoms with van der Waals surface area (Å²) in [4.78, 5) is 18.1. The number of aromatic nitrogens is 1. The van der Waals surface area contributed by atoms with Crippen molar-refractivity contribution in [3.05, 3.63) is 53.2 Å². The zero-order valence-corrected chi connectivity index (χ0v) is 18.0. The third kappa shape index (κ3) is 4.40. The molecule has 1 aliphatic rings. The number of anilines is 1. The molecule has 4 rings (SSSR count). The standard InChI is InChI=1S/C23H26ClN3O3/c1-29-17-4-5-20-18(12-17)19(13-25-20)15-7-9-27(10-8-15)14-23(28)26-21-11-16(24)3-6-22(21)30-2/h3-6,11-13,15,25H,7-10,14H2,1-2H3,(H,26,28). The summed E-state index contributed by atoms with van der Waals surface area (Å²) in [5.74, 6) is 1.87. The molecule has 0 aliphatic carbocycles. The quantitative estimate of drug-likeness (QED) is 0.600. The van der Waals surface area contributed by atoms with Crippen molar-refractivity contribution in [2.24, 2.45) is 0 Å². The van der Waals surface area contributed by atoms with Gasteiger partial charge in [0.1, 0.15) is 11.5 Å². The molecule has 1 fully saturated rings. The molecular formula is C23H26ClN3O3. The maximum atomic E-state index is 12.5. The number of nitrogens with one attached hydrogen (secondary N) is 2. The number of likely N-dealkylation sites (tertiary alicyclic amines) is 1. The summed E-state index contributed by atoms with van der Waals surface area (Å²) in [5.41, 5.74) is 3.05. The maximum absolute atomic E-state index is 12.5. The van der Waals surface area contributed by atoms with Gasteiger partial charge in [0.05, 0.1) is 26.5 Å². The Morgan fingerprint density at radius 2 is 1.97 bits per heavy atom. The molecular weight excluding hydrogens is 402 g/mol. The number of hydrogen-bond acceptors (Lipinski definition) is 4. The SMILES string of the molecule is COc1ccc2[nH]cc(C3CCN(CC(=O)Nc4cc(Cl)ccc4OC)CC3)c2c1. The molecule has 1 aromatic heterocycles. The lowest BCUT2D eigenvalue weighted by Gasteiger charge is -2.31. The van der Waals surface area contributed by atoms with Crippen LogP contribution in [0.15, 0.2) is 42.6 Å². The Labute approximate surface area is 181 Å². The molecule has 0 atom stereocenters. The van der Waals surface area contributed by atoms with Gasteiger partial charge in [-0.25, -0.2) is 0 Å². The number of piperidine rings is 1. The van der Waals surface area contributed by atoms with Gasteiger partial charge in [0, 0.05) is 22.1 Å². The van der Waals surface area contributed by atoms with Crippen LogP contribution in [0.2, 0.25) is 5.02 Å². The molecule has 0 unspecified atom stereocenters. The smallest absolute Gasteiger partial charge is 0.238 e. The number of methoxy groups -OCH3 is 2. The summed E-state index contributed by atoms with van der Waals surface area (Å²) in [6.07, 6.45) is 4.14. The number of hydrogen-bond donors (Lipinski definition) is 2. The molecule has 7 heteroatoms. The zero-order chi connectivity index (χ0) is 21.1. The summed E-state index contributed by atoms with van der Waals surface area (Å²) >= 11 is 6.05. The minimum atomic E-state index is -0.0640. The molecule has 0 saturated carbocycles. The summed E-state index contributed by atoms with van der Waals surface area (Å²) in [5, 5.41) is 4.69. The van der Waals surface area contributed by atoms with E-state index in [9.17, 15) is 4.79 Å². The number of aromatic amines is 1. The summed E-state index contributed by atoms with van der Waals surface area (Å²) in [6.45, 7) is 2.10. The normalized spacial score (nSPS) is 15.3. The Bertz CT molecular complexity index is 1040. The number of benzene rings is 2. The molecule has 6 nitrogen and oxygen atoms in total. The second-order valence-corrected chi connectivity index (χ2v) is 8.04. The summed E-state index contributed by atoms with van der Waals surface area (Å²) < 4.78 is 10.7. The van der Waals surface area contributed by atoms with Gasteiger partial charge >= 0.3 is 0 Å². The summed E-state index contributed by atoms with van der Waals surface area (Å²) in [7, 11) is 3.26. The molecule has 2 N–H and O–H groups in total. The van der Waals surface area contributed by atoms with Crippen LogP contribution in [-0.2, 0) is 4.79 Å². The van der Waals surface area contributed by atoms with E-state index in [-0.39, 0.29) is 5.91 Å². The lowest BCUT2D eigenvalue weighted by molar-refractivity contribution is -0.117. The Morgan fingerprint density at radius 1 is 1.17 bits per heavy atom. The van der Waals surface area contributed by atoms with E-state index >= 15 is 0 Å². The molecule has 0 radical (unpaired) electrons. The monoisotopic (exact) mass is 427 g/mol. The van der Waals surface area contributed by atoms with E-state index in [4.69, 9.17) is 21.1 Å². The largest absolute Gasteiger partial charge is 0.497 e. The number of nitrogens with zero attached hydrogens (tertiary/aromatic N) is 1. The van der Waals surface area contributed by atoms with E-state index in [0.29, 0.717) is 28.9 Å². The van der Waals surface area contributed by atoms with Gasteiger partial charge < -0.3 is 19.8 Å². The fourth-order valence-corrected chi connectivity index (χ4v) is 4.33. The Morgan fingerprint density at radius 3 is 2.70 bits per heavy atom. The molecule has 0 bridgehead atoms. The number of H-pyrrole nitrogens is 1. The third-order valence-electron chi connectivity index (χ3n) is 5.75. The molecule has 0 spiro atoms. The van der Waals surface area contributed by atoms with Crippen LogP contribution in [0, 0.1) is 0 Å². The van der Waals surface area contributed by atoms with Crippen molar-refractivity contribution in [2.75, 3.05) is 39.2 Å². The second-order valence-electron chi connectivity index (χ2n) is 7.60. The second kappa shape index (κ2) is 8.98. The average molecular weight is 428 g/mol. The molecule has 1 aliphatic heterocycles. The number of fused-ring (bicyclic) bond motifs is 1. The van der Waals surface area contributed by atoms with Gasteiger partial charge in [0.2, 0.25) is 5.91 Å². The van der Waals surface area contributed by atoms with Crippen molar-refractivity contribution in [2.45, 2.75) is 18.8 Å². The molecule has 3 aromatic rings. The number of halogens is 1. The highest BCUT2D eigenvalue weighted by atomic mass is 35.5. The number of carbonyl (C=O) groups is 1. The van der Waals surface area contributed by atoms with E-state index in [1.165, 1.54) is 10.9 Å². The van der Waals surface area contributed by atoms with Gasteiger partial charge in [-0.3, -0.25) is 9.69 Å². The van der Waals surface area contributed by atoms with Crippen LogP contribution in [0.25, 0.3) is 10.9 Å². The fourth-order valence-electron chi connectivity index (χ4n) is 4.16. The van der Waals surface area contributed by atoms with Gasteiger partial charge in [-0.05, 0) is 73.8 Å². The van der Waals surface area contributed by atoms with Gasteiger partial charge in [-0.2, -0.15) is 0 Å². The predicted octanol–water partition coefficient (Wildman–Crippen LogP) is 4.66. The topological polar surface area (TPSA) is 66.6 Å². The predicted molar refractivity (Wildman–Crippen MR) is 120 cm³/mol. The molecule has 30 heavy (non-hydrogen) atoms. The first-order chi connectivity index (χ1) is 14.6. The number of amides is 1. The molecule has 1 saturated heterocycles. The summed E-state index contributed by atoms with van der Waals surface area (Å²) in [6, 6.07) is 11.3. The van der Waals surface area contributed by atoms with Crippen molar-refractivity contribution in [3.63, 3.8) is 0 Å². The van der Waals surface area contributed by atoms with Crippen LogP contribution >= 0.6 is 11.6 Å². The first kappa shape index (κ1) is 20.6. The van der Waals surface area contributed by atoms with Crippen molar-refractivity contribution in [1.82, 2.24) is 9.88 Å². The van der Waals surface area contributed by atoms with E-state index in [2.05, 4.69) is 33.5 Å². The highest BCUT2D eigenvalue weighted by Crippen LogP contribution is 2.34. The van der Waals surface area contributed by atoms with Crippen LogP contribution in [0.4, 0.5) is 5.69 Å². The van der Waals surface area contributed by atoms with Gasteiger partial charge in [0.25, 0.3) is 0 Å². The van der Waals surface area contributed by atoms with Crippen molar-refractivity contribution >= 4 is 34.1 Å². The number of rotatable bonds is 6. The molecule has 1 amide bonds. The Hall–Kier alpha value is -2.70. The minimum Gasteiger partial charge on any atom is -0.497 e. The lowest BCUT2D eigenvalue weighted by Crippen LogP contribution is -2.38. The fraction of sp³-hybridized carbons (Fsp3) is 0.348. The lowest BCUT2D eigenvalue weighted by atomic mass is 9.89. The number of ether oxygens (including phenoxy) is 2. The molecule has 158 valence electrons. The Balaban J connectivity index is 1.36. The van der Waals surface area contributed by atoms with Crippen LogP contribution in [0.3, 0.4) is 0 Å². The van der Waals surface area contributed by atoms with E-state index < -0.39 is 0 Å².